The lowest BCUT2D eigenvalue weighted by Gasteiger charge is -2.20. The summed E-state index contributed by atoms with van der Waals surface area (Å²) in [6.07, 6.45) is 5.37. The van der Waals surface area contributed by atoms with E-state index in [2.05, 4.69) is 19.9 Å². The fraction of sp³-hybridized carbons (Fsp3) is 0.370. The van der Waals surface area contributed by atoms with Gasteiger partial charge in [0.2, 0.25) is 5.91 Å². The third-order valence-corrected chi connectivity index (χ3v) is 5.71. The van der Waals surface area contributed by atoms with Crippen molar-refractivity contribution in [3.63, 3.8) is 0 Å². The number of hydrogen-bond donors (Lipinski definition) is 0. The van der Waals surface area contributed by atoms with Crippen molar-refractivity contribution in [2.24, 2.45) is 0 Å². The van der Waals surface area contributed by atoms with Crippen LogP contribution >= 0.6 is 0 Å². The standard InChI is InChI=1S/C27H33NO4/c1-7-13-28(14-8-2)25(29)15-18(3)22-16-23-24(20-9-11-21(30-5)12-10-20)17-32-27(23)19(4)26(22)31-6/h9-12,15-17H,7-8,13-14H2,1-6H3/b18-15+. The minimum Gasteiger partial charge on any atom is -0.497 e. The highest BCUT2D eigenvalue weighted by molar-refractivity contribution is 6.01. The molecule has 0 aliphatic heterocycles. The van der Waals surface area contributed by atoms with Gasteiger partial charge in [-0.1, -0.05) is 26.0 Å². The molecule has 1 amide bonds. The van der Waals surface area contributed by atoms with Crippen molar-refractivity contribution < 1.29 is 18.7 Å². The number of carbonyl (C=O) groups excluding carboxylic acids is 1. The molecule has 32 heavy (non-hydrogen) atoms. The SMILES string of the molecule is CCCN(CCC)C(=O)/C=C(\C)c1cc2c(-c3ccc(OC)cc3)coc2c(C)c1OC. The lowest BCUT2D eigenvalue weighted by Crippen LogP contribution is -2.31. The molecule has 170 valence electrons. The number of amides is 1. The number of benzene rings is 2. The van der Waals surface area contributed by atoms with Crippen LogP contribution in [-0.4, -0.2) is 38.1 Å². The molecular weight excluding hydrogens is 402 g/mol. The smallest absolute Gasteiger partial charge is 0.246 e. The van der Waals surface area contributed by atoms with Crippen molar-refractivity contribution in [3.05, 3.63) is 53.8 Å². The summed E-state index contributed by atoms with van der Waals surface area (Å²) in [5, 5.41) is 0.989. The van der Waals surface area contributed by atoms with E-state index >= 15 is 0 Å². The molecule has 0 aliphatic rings. The Labute approximate surface area is 190 Å². The zero-order chi connectivity index (χ0) is 23.3. The Kier molecular flexibility index (Phi) is 7.62. The predicted molar refractivity (Wildman–Crippen MR) is 130 cm³/mol. The topological polar surface area (TPSA) is 51.9 Å². The first-order chi connectivity index (χ1) is 15.4. The fourth-order valence-electron chi connectivity index (χ4n) is 4.09. The molecule has 0 radical (unpaired) electrons. The highest BCUT2D eigenvalue weighted by atomic mass is 16.5. The Hall–Kier alpha value is -3.21. The summed E-state index contributed by atoms with van der Waals surface area (Å²) in [5.74, 6) is 1.57. The molecule has 1 aromatic heterocycles. The van der Waals surface area contributed by atoms with Crippen molar-refractivity contribution >= 4 is 22.4 Å². The maximum absolute atomic E-state index is 12.9. The summed E-state index contributed by atoms with van der Waals surface area (Å²) in [7, 11) is 3.31. The number of nitrogens with zero attached hydrogens (tertiary/aromatic N) is 1. The monoisotopic (exact) mass is 435 g/mol. The van der Waals surface area contributed by atoms with Gasteiger partial charge in [-0.3, -0.25) is 4.79 Å². The van der Waals surface area contributed by atoms with E-state index in [1.165, 1.54) is 0 Å². The Morgan fingerprint density at radius 2 is 1.72 bits per heavy atom. The van der Waals surface area contributed by atoms with Gasteiger partial charge >= 0.3 is 0 Å². The van der Waals surface area contributed by atoms with Gasteiger partial charge < -0.3 is 18.8 Å². The maximum Gasteiger partial charge on any atom is 0.246 e. The zero-order valence-electron chi connectivity index (χ0n) is 20.0. The number of methoxy groups -OCH3 is 2. The number of carbonyl (C=O) groups is 1. The van der Waals surface area contributed by atoms with E-state index in [9.17, 15) is 4.79 Å². The van der Waals surface area contributed by atoms with Gasteiger partial charge in [-0.15, -0.1) is 0 Å². The van der Waals surface area contributed by atoms with Crippen LogP contribution in [0.2, 0.25) is 0 Å². The molecule has 5 heteroatoms. The summed E-state index contributed by atoms with van der Waals surface area (Å²) in [6, 6.07) is 9.97. The second kappa shape index (κ2) is 10.4. The van der Waals surface area contributed by atoms with Crippen LogP contribution in [0.25, 0.3) is 27.7 Å². The molecule has 2 aromatic carbocycles. The Bertz CT molecular complexity index is 1100. The number of rotatable bonds is 9. The molecule has 3 rings (SSSR count). The van der Waals surface area contributed by atoms with Crippen LogP contribution in [0, 0.1) is 6.92 Å². The molecule has 0 N–H and O–H groups in total. The number of hydrogen-bond acceptors (Lipinski definition) is 4. The van der Waals surface area contributed by atoms with Crippen LogP contribution in [0.3, 0.4) is 0 Å². The first-order valence-corrected chi connectivity index (χ1v) is 11.2. The molecule has 5 nitrogen and oxygen atoms in total. The Morgan fingerprint density at radius 3 is 2.28 bits per heavy atom. The minimum atomic E-state index is 0.0357. The average Bonchev–Trinajstić information content (AvgIpc) is 3.23. The highest BCUT2D eigenvalue weighted by Gasteiger charge is 2.19. The van der Waals surface area contributed by atoms with Crippen LogP contribution in [0.15, 0.2) is 47.1 Å². The van der Waals surface area contributed by atoms with Crippen LogP contribution in [0.5, 0.6) is 11.5 Å². The van der Waals surface area contributed by atoms with Crippen molar-refractivity contribution in [2.75, 3.05) is 27.3 Å². The molecule has 0 unspecified atom stereocenters. The molecule has 1 heterocycles. The van der Waals surface area contributed by atoms with Gasteiger partial charge in [0.1, 0.15) is 17.1 Å². The molecule has 0 spiro atoms. The second-order valence-electron chi connectivity index (χ2n) is 7.99. The number of allylic oxidation sites excluding steroid dienone is 1. The van der Waals surface area contributed by atoms with Crippen molar-refractivity contribution in [1.82, 2.24) is 4.90 Å². The van der Waals surface area contributed by atoms with Gasteiger partial charge in [-0.2, -0.15) is 0 Å². The predicted octanol–water partition coefficient (Wildman–Crippen LogP) is 6.48. The number of ether oxygens (including phenoxy) is 2. The van der Waals surface area contributed by atoms with Crippen LogP contribution in [-0.2, 0) is 4.79 Å². The number of furan rings is 1. The quantitative estimate of drug-likeness (QED) is 0.361. The van der Waals surface area contributed by atoms with Crippen molar-refractivity contribution in [3.8, 4) is 22.6 Å². The van der Waals surface area contributed by atoms with E-state index in [0.29, 0.717) is 0 Å². The second-order valence-corrected chi connectivity index (χ2v) is 7.99. The normalized spacial score (nSPS) is 11.6. The van der Waals surface area contributed by atoms with Gasteiger partial charge in [-0.05, 0) is 56.0 Å². The summed E-state index contributed by atoms with van der Waals surface area (Å²) < 4.78 is 17.0. The van der Waals surface area contributed by atoms with Gasteiger partial charge in [0, 0.05) is 41.2 Å². The molecule has 0 saturated heterocycles. The molecule has 0 aliphatic carbocycles. The summed E-state index contributed by atoms with van der Waals surface area (Å²) >= 11 is 0. The minimum absolute atomic E-state index is 0.0357. The van der Waals surface area contributed by atoms with Crippen molar-refractivity contribution in [1.29, 1.82) is 0 Å². The third kappa shape index (κ3) is 4.67. The first-order valence-electron chi connectivity index (χ1n) is 11.2. The summed E-state index contributed by atoms with van der Waals surface area (Å²) in [5.41, 5.74) is 5.50. The third-order valence-electron chi connectivity index (χ3n) is 5.71. The van der Waals surface area contributed by atoms with Gasteiger partial charge in [0.25, 0.3) is 0 Å². The number of aryl methyl sites for hydroxylation is 1. The maximum atomic E-state index is 12.9. The summed E-state index contributed by atoms with van der Waals surface area (Å²) in [6.45, 7) is 9.65. The Morgan fingerprint density at radius 1 is 1.06 bits per heavy atom. The zero-order valence-corrected chi connectivity index (χ0v) is 20.0. The number of fused-ring (bicyclic) bond motifs is 1. The van der Waals surface area contributed by atoms with Crippen LogP contribution < -0.4 is 9.47 Å². The molecule has 0 saturated carbocycles. The van der Waals surface area contributed by atoms with E-state index in [1.807, 2.05) is 43.0 Å². The van der Waals surface area contributed by atoms with Gasteiger partial charge in [-0.25, -0.2) is 0 Å². The Balaban J connectivity index is 2.10. The van der Waals surface area contributed by atoms with Gasteiger partial charge in [0.05, 0.1) is 20.5 Å². The van der Waals surface area contributed by atoms with E-state index in [-0.39, 0.29) is 5.91 Å². The van der Waals surface area contributed by atoms with E-state index in [4.69, 9.17) is 13.9 Å². The molecule has 0 bridgehead atoms. The molecule has 0 fully saturated rings. The summed E-state index contributed by atoms with van der Waals surface area (Å²) in [4.78, 5) is 14.8. The van der Waals surface area contributed by atoms with E-state index in [0.717, 1.165) is 76.2 Å². The first kappa shape index (κ1) is 23.5. The van der Waals surface area contributed by atoms with Crippen molar-refractivity contribution in [2.45, 2.75) is 40.5 Å². The highest BCUT2D eigenvalue weighted by Crippen LogP contribution is 2.40. The van der Waals surface area contributed by atoms with Crippen LogP contribution in [0.1, 0.15) is 44.7 Å². The average molecular weight is 436 g/mol. The van der Waals surface area contributed by atoms with E-state index in [1.54, 1.807) is 26.6 Å². The molecular formula is C27H33NO4. The van der Waals surface area contributed by atoms with Crippen LogP contribution in [0.4, 0.5) is 0 Å². The largest absolute Gasteiger partial charge is 0.497 e. The van der Waals surface area contributed by atoms with E-state index < -0.39 is 0 Å². The fourth-order valence-corrected chi connectivity index (χ4v) is 4.09. The molecule has 3 aromatic rings. The molecule has 0 atom stereocenters. The van der Waals surface area contributed by atoms with Gasteiger partial charge in [0.15, 0.2) is 0 Å². The lowest BCUT2D eigenvalue weighted by molar-refractivity contribution is -0.126. The lowest BCUT2D eigenvalue weighted by atomic mass is 9.96.